The molecule has 52 heavy (non-hydrogen) atoms. The summed E-state index contributed by atoms with van der Waals surface area (Å²) in [5.74, 6) is 0.591. The van der Waals surface area contributed by atoms with Gasteiger partial charge in [-0.25, -0.2) is 4.79 Å². The van der Waals surface area contributed by atoms with Crippen molar-refractivity contribution in [2.45, 2.75) is 24.7 Å². The van der Waals surface area contributed by atoms with E-state index < -0.39 is 23.8 Å². The fourth-order valence-corrected chi connectivity index (χ4v) is 6.78. The molecule has 0 bridgehead atoms. The summed E-state index contributed by atoms with van der Waals surface area (Å²) in [5.41, 5.74) is 2.84. The van der Waals surface area contributed by atoms with Crippen LogP contribution in [0.5, 0.6) is 17.2 Å². The number of rotatable bonds is 14. The predicted molar refractivity (Wildman–Crippen MR) is 205 cm³/mol. The summed E-state index contributed by atoms with van der Waals surface area (Å²) in [4.78, 5) is 27.1. The molecular formula is C42H40INO8. The SMILES string of the molecule is COc1ccc(C(OCCCNC(=O)c2cc(I)cc(C3OCCCO3)c2OC(=O)c2ccccc2)(c2ccccc2)c2ccc(OC)cc2)cc1. The van der Waals surface area contributed by atoms with Crippen molar-refractivity contribution in [1.82, 2.24) is 5.32 Å². The highest BCUT2D eigenvalue weighted by atomic mass is 127. The van der Waals surface area contributed by atoms with Crippen LogP contribution in [0.25, 0.3) is 0 Å². The Bertz CT molecular complexity index is 1880. The van der Waals surface area contributed by atoms with Crippen LogP contribution in [0, 0.1) is 3.57 Å². The van der Waals surface area contributed by atoms with Gasteiger partial charge < -0.3 is 33.7 Å². The van der Waals surface area contributed by atoms with E-state index >= 15 is 0 Å². The van der Waals surface area contributed by atoms with Crippen LogP contribution in [0.15, 0.2) is 121 Å². The Labute approximate surface area is 317 Å². The fourth-order valence-electron chi connectivity index (χ4n) is 6.13. The van der Waals surface area contributed by atoms with Crippen molar-refractivity contribution in [1.29, 1.82) is 0 Å². The standard InChI is InChI=1S/C42H40INO8/c1-47-34-19-15-31(16-20-34)42(30-13-7-4-8-14-30,32-17-21-35(48-2)22-18-32)51-26-9-23-44-39(45)36-27-33(43)28-37(41-49-24-10-25-50-41)38(36)52-40(46)29-11-5-3-6-12-29/h3-8,11-22,27-28,41H,9-10,23-26H2,1-2H3,(H,44,45). The first kappa shape index (κ1) is 37.0. The first-order valence-corrected chi connectivity index (χ1v) is 18.1. The smallest absolute Gasteiger partial charge is 0.343 e. The highest BCUT2D eigenvalue weighted by Crippen LogP contribution is 2.42. The van der Waals surface area contributed by atoms with Gasteiger partial charge in [0.05, 0.1) is 50.7 Å². The summed E-state index contributed by atoms with van der Waals surface area (Å²) in [5, 5.41) is 3.02. The summed E-state index contributed by atoms with van der Waals surface area (Å²) in [7, 11) is 3.28. The summed E-state index contributed by atoms with van der Waals surface area (Å²) in [6, 6.07) is 37.9. The molecule has 0 unspecified atom stereocenters. The number of ether oxygens (including phenoxy) is 6. The Morgan fingerprint density at radius 3 is 1.90 bits per heavy atom. The van der Waals surface area contributed by atoms with Crippen molar-refractivity contribution in [2.75, 3.05) is 40.6 Å². The number of carbonyl (C=O) groups excluding carboxylic acids is 2. The number of hydrogen-bond acceptors (Lipinski definition) is 8. The lowest BCUT2D eigenvalue weighted by Gasteiger charge is -2.36. The number of hydrogen-bond donors (Lipinski definition) is 1. The predicted octanol–water partition coefficient (Wildman–Crippen LogP) is 8.09. The molecule has 5 aromatic carbocycles. The highest BCUT2D eigenvalue weighted by molar-refractivity contribution is 14.1. The van der Waals surface area contributed by atoms with E-state index in [4.69, 9.17) is 28.4 Å². The Balaban J connectivity index is 1.24. The van der Waals surface area contributed by atoms with E-state index in [1.165, 1.54) is 0 Å². The number of esters is 1. The van der Waals surface area contributed by atoms with Gasteiger partial charge in [-0.3, -0.25) is 4.79 Å². The minimum absolute atomic E-state index is 0.108. The quantitative estimate of drug-likeness (QED) is 0.0395. The largest absolute Gasteiger partial charge is 0.497 e. The summed E-state index contributed by atoms with van der Waals surface area (Å²) in [6.45, 7) is 1.56. The van der Waals surface area contributed by atoms with Crippen molar-refractivity contribution in [2.24, 2.45) is 0 Å². The first-order valence-electron chi connectivity index (χ1n) is 17.0. The van der Waals surface area contributed by atoms with Crippen molar-refractivity contribution < 1.29 is 38.0 Å². The third-order valence-electron chi connectivity index (χ3n) is 8.71. The van der Waals surface area contributed by atoms with Crippen LogP contribution < -0.4 is 19.5 Å². The third-order valence-corrected chi connectivity index (χ3v) is 9.33. The van der Waals surface area contributed by atoms with E-state index in [9.17, 15) is 9.59 Å². The molecule has 1 amide bonds. The van der Waals surface area contributed by atoms with Gasteiger partial charge >= 0.3 is 5.97 Å². The van der Waals surface area contributed by atoms with Gasteiger partial charge in [0.2, 0.25) is 0 Å². The van der Waals surface area contributed by atoms with Gasteiger partial charge in [-0.05, 0) is 101 Å². The summed E-state index contributed by atoms with van der Waals surface area (Å²) >= 11 is 2.14. The van der Waals surface area contributed by atoms with Crippen LogP contribution in [0.1, 0.15) is 62.1 Å². The van der Waals surface area contributed by atoms with Gasteiger partial charge in [-0.1, -0.05) is 72.8 Å². The Morgan fingerprint density at radius 2 is 1.33 bits per heavy atom. The van der Waals surface area contributed by atoms with Crippen molar-refractivity contribution in [3.8, 4) is 17.2 Å². The molecule has 1 heterocycles. The average Bonchev–Trinajstić information content (AvgIpc) is 3.21. The van der Waals surface area contributed by atoms with Crippen LogP contribution in [0.4, 0.5) is 0 Å². The molecule has 0 radical (unpaired) electrons. The van der Waals surface area contributed by atoms with Crippen LogP contribution in [-0.2, 0) is 19.8 Å². The molecule has 0 aliphatic carbocycles. The lowest BCUT2D eigenvalue weighted by atomic mass is 9.80. The van der Waals surface area contributed by atoms with E-state index in [0.717, 1.165) is 38.2 Å². The van der Waals surface area contributed by atoms with Gasteiger partial charge in [-0.2, -0.15) is 0 Å². The second-order valence-electron chi connectivity index (χ2n) is 12.0. The van der Waals surface area contributed by atoms with Gasteiger partial charge in [0.15, 0.2) is 12.0 Å². The maximum absolute atomic E-state index is 13.9. The van der Waals surface area contributed by atoms with E-state index in [2.05, 4.69) is 27.9 Å². The van der Waals surface area contributed by atoms with E-state index in [0.29, 0.717) is 37.4 Å². The number of halogens is 1. The van der Waals surface area contributed by atoms with Gasteiger partial charge in [-0.15, -0.1) is 0 Å². The molecule has 5 aromatic rings. The molecule has 9 nitrogen and oxygen atoms in total. The minimum Gasteiger partial charge on any atom is -0.497 e. The summed E-state index contributed by atoms with van der Waals surface area (Å²) < 4.78 is 36.3. The molecular weight excluding hydrogens is 773 g/mol. The molecule has 0 aromatic heterocycles. The minimum atomic E-state index is -0.979. The zero-order valence-electron chi connectivity index (χ0n) is 29.0. The lowest BCUT2D eigenvalue weighted by molar-refractivity contribution is -0.183. The maximum atomic E-state index is 13.9. The van der Waals surface area contributed by atoms with E-state index in [1.54, 1.807) is 44.6 Å². The topological polar surface area (TPSA) is 102 Å². The number of amides is 1. The molecule has 1 aliphatic heterocycles. The van der Waals surface area contributed by atoms with E-state index in [1.807, 2.05) is 91.0 Å². The van der Waals surface area contributed by atoms with Crippen LogP contribution >= 0.6 is 22.6 Å². The first-order chi connectivity index (χ1) is 25.4. The Hall–Kier alpha value is -4.75. The average molecular weight is 814 g/mol. The molecule has 1 saturated heterocycles. The number of carbonyl (C=O) groups is 2. The van der Waals surface area contributed by atoms with Crippen LogP contribution in [0.2, 0.25) is 0 Å². The molecule has 0 atom stereocenters. The zero-order valence-corrected chi connectivity index (χ0v) is 31.2. The molecule has 1 N–H and O–H groups in total. The maximum Gasteiger partial charge on any atom is 0.343 e. The van der Waals surface area contributed by atoms with Crippen molar-refractivity contribution in [3.05, 3.63) is 158 Å². The van der Waals surface area contributed by atoms with Crippen molar-refractivity contribution >= 4 is 34.5 Å². The van der Waals surface area contributed by atoms with Crippen LogP contribution in [-0.4, -0.2) is 52.5 Å². The third kappa shape index (κ3) is 8.47. The number of benzene rings is 5. The summed E-state index contributed by atoms with van der Waals surface area (Å²) in [6.07, 6.45) is 0.457. The zero-order chi connectivity index (χ0) is 36.3. The molecule has 10 heteroatoms. The molecule has 268 valence electrons. The second-order valence-corrected chi connectivity index (χ2v) is 13.3. The molecule has 1 fully saturated rings. The molecule has 6 rings (SSSR count). The van der Waals surface area contributed by atoms with Gasteiger partial charge in [0.1, 0.15) is 17.1 Å². The fraction of sp³-hybridized carbons (Fsp3) is 0.238. The van der Waals surface area contributed by atoms with Gasteiger partial charge in [0, 0.05) is 10.1 Å². The lowest BCUT2D eigenvalue weighted by Crippen LogP contribution is -2.34. The monoisotopic (exact) mass is 813 g/mol. The Kier molecular flexibility index (Phi) is 12.6. The van der Waals surface area contributed by atoms with Gasteiger partial charge in [0.25, 0.3) is 5.91 Å². The molecule has 0 saturated carbocycles. The molecule has 0 spiro atoms. The Morgan fingerprint density at radius 1 is 0.769 bits per heavy atom. The normalized spacial score (nSPS) is 13.3. The highest BCUT2D eigenvalue weighted by Gasteiger charge is 2.38. The van der Waals surface area contributed by atoms with Crippen molar-refractivity contribution in [3.63, 3.8) is 0 Å². The molecule has 1 aliphatic rings. The second kappa shape index (κ2) is 17.6. The van der Waals surface area contributed by atoms with Crippen LogP contribution in [0.3, 0.4) is 0 Å². The number of methoxy groups -OCH3 is 2. The number of nitrogens with one attached hydrogen (secondary N) is 1. The van der Waals surface area contributed by atoms with E-state index in [-0.39, 0.29) is 17.9 Å².